The van der Waals surface area contributed by atoms with Gasteiger partial charge in [0.2, 0.25) is 0 Å². The normalized spacial score (nSPS) is 14.6. The molecule has 2 unspecified atom stereocenters. The third kappa shape index (κ3) is 2.15. The van der Waals surface area contributed by atoms with Crippen LogP contribution in [0.25, 0.3) is 0 Å². The maximum absolute atomic E-state index is 13.1. The molecule has 0 bridgehead atoms. The van der Waals surface area contributed by atoms with Gasteiger partial charge in [-0.25, -0.2) is 13.2 Å². The number of hydrogen-bond acceptors (Lipinski definition) is 3. The quantitative estimate of drug-likeness (QED) is 0.668. The molecule has 2 atom stereocenters. The molecule has 0 saturated heterocycles. The van der Waals surface area contributed by atoms with Crippen molar-refractivity contribution in [1.82, 2.24) is 0 Å². The second-order valence-corrected chi connectivity index (χ2v) is 3.07. The summed E-state index contributed by atoms with van der Waals surface area (Å²) in [7, 11) is 0. The van der Waals surface area contributed by atoms with E-state index in [4.69, 9.17) is 10.8 Å². The van der Waals surface area contributed by atoms with Crippen LogP contribution < -0.4 is 5.73 Å². The highest BCUT2D eigenvalue weighted by Gasteiger charge is 2.28. The van der Waals surface area contributed by atoms with E-state index < -0.39 is 41.1 Å². The Balaban J connectivity index is 3.14. The van der Waals surface area contributed by atoms with E-state index in [9.17, 15) is 23.1 Å². The van der Waals surface area contributed by atoms with E-state index in [2.05, 4.69) is 0 Å². The van der Waals surface area contributed by atoms with Crippen LogP contribution in [0.15, 0.2) is 12.1 Å². The van der Waals surface area contributed by atoms with E-state index in [1.54, 1.807) is 0 Å². The minimum atomic E-state index is -1.95. The summed E-state index contributed by atoms with van der Waals surface area (Å²) in [5.41, 5.74) is 4.32. The standard InChI is InChI=1S/C9H8F3NO3/c10-4-2-1-3(5(11)6(4)12)8(14)7(13)9(15)16/h1-2,7-8,14H,13H2,(H,15,16). The minimum absolute atomic E-state index is 0.575. The molecular weight excluding hydrogens is 227 g/mol. The zero-order valence-corrected chi connectivity index (χ0v) is 7.82. The predicted octanol–water partition coefficient (Wildman–Crippen LogP) is 0.549. The van der Waals surface area contributed by atoms with Gasteiger partial charge >= 0.3 is 5.97 Å². The van der Waals surface area contributed by atoms with E-state index in [0.717, 1.165) is 6.07 Å². The van der Waals surface area contributed by atoms with E-state index >= 15 is 0 Å². The first-order chi connectivity index (χ1) is 7.36. The summed E-state index contributed by atoms with van der Waals surface area (Å²) in [4.78, 5) is 10.4. The molecule has 0 amide bonds. The van der Waals surface area contributed by atoms with Crippen molar-refractivity contribution in [3.8, 4) is 0 Å². The van der Waals surface area contributed by atoms with Gasteiger partial charge in [-0.2, -0.15) is 0 Å². The third-order valence-electron chi connectivity index (χ3n) is 2.01. The van der Waals surface area contributed by atoms with Crippen LogP contribution in [-0.2, 0) is 4.79 Å². The molecule has 0 aliphatic heterocycles. The fourth-order valence-corrected chi connectivity index (χ4v) is 1.10. The first-order valence-corrected chi connectivity index (χ1v) is 4.16. The Hall–Kier alpha value is -1.60. The Morgan fingerprint density at radius 1 is 1.25 bits per heavy atom. The molecule has 88 valence electrons. The number of halogens is 3. The average Bonchev–Trinajstić information content (AvgIpc) is 2.24. The van der Waals surface area contributed by atoms with Crippen molar-refractivity contribution in [2.75, 3.05) is 0 Å². The number of carbonyl (C=O) groups is 1. The molecule has 0 fully saturated rings. The number of carboxylic acid groups (broad SMARTS) is 1. The van der Waals surface area contributed by atoms with Crippen LogP contribution in [0.5, 0.6) is 0 Å². The Morgan fingerprint density at radius 3 is 2.31 bits per heavy atom. The summed E-state index contributed by atoms with van der Waals surface area (Å²) in [5, 5.41) is 17.8. The van der Waals surface area contributed by atoms with E-state index in [0.29, 0.717) is 6.07 Å². The lowest BCUT2D eigenvalue weighted by Crippen LogP contribution is -2.37. The van der Waals surface area contributed by atoms with Crippen molar-refractivity contribution < 1.29 is 28.2 Å². The molecule has 0 spiro atoms. The van der Waals surface area contributed by atoms with Gasteiger partial charge < -0.3 is 15.9 Å². The number of carboxylic acids is 1. The largest absolute Gasteiger partial charge is 0.480 e. The van der Waals surface area contributed by atoms with Gasteiger partial charge in [0.15, 0.2) is 17.5 Å². The van der Waals surface area contributed by atoms with Gasteiger partial charge in [0.05, 0.1) is 0 Å². The number of benzene rings is 1. The molecule has 1 aromatic rings. The first kappa shape index (κ1) is 12.5. The monoisotopic (exact) mass is 235 g/mol. The molecule has 0 radical (unpaired) electrons. The van der Waals surface area contributed by atoms with Crippen molar-refractivity contribution >= 4 is 5.97 Å². The summed E-state index contributed by atoms with van der Waals surface area (Å²) in [6, 6.07) is -0.508. The van der Waals surface area contributed by atoms with Crippen molar-refractivity contribution in [2.24, 2.45) is 5.73 Å². The van der Waals surface area contributed by atoms with Gasteiger partial charge in [-0.3, -0.25) is 4.79 Å². The van der Waals surface area contributed by atoms with Crippen molar-refractivity contribution in [2.45, 2.75) is 12.1 Å². The Labute approximate surface area is 88.1 Å². The van der Waals surface area contributed by atoms with Gasteiger partial charge in [0, 0.05) is 5.56 Å². The van der Waals surface area contributed by atoms with Crippen LogP contribution in [0.2, 0.25) is 0 Å². The second kappa shape index (κ2) is 4.50. The van der Waals surface area contributed by atoms with E-state index in [1.165, 1.54) is 0 Å². The smallest absolute Gasteiger partial charge is 0.323 e. The Morgan fingerprint density at radius 2 is 1.81 bits per heavy atom. The number of rotatable bonds is 3. The molecule has 1 aromatic carbocycles. The number of aliphatic carboxylic acids is 1. The van der Waals surface area contributed by atoms with Gasteiger partial charge in [0.1, 0.15) is 12.1 Å². The highest BCUT2D eigenvalue weighted by Crippen LogP contribution is 2.23. The molecule has 4 nitrogen and oxygen atoms in total. The van der Waals surface area contributed by atoms with Crippen molar-refractivity contribution in [1.29, 1.82) is 0 Å². The topological polar surface area (TPSA) is 83.6 Å². The fraction of sp³-hybridized carbons (Fsp3) is 0.222. The summed E-state index contributed by atoms with van der Waals surface area (Å²) in [5.74, 6) is -6.45. The average molecular weight is 235 g/mol. The lowest BCUT2D eigenvalue weighted by molar-refractivity contribution is -0.141. The van der Waals surface area contributed by atoms with Gasteiger partial charge in [-0.1, -0.05) is 6.07 Å². The van der Waals surface area contributed by atoms with Gasteiger partial charge in [-0.05, 0) is 6.07 Å². The highest BCUT2D eigenvalue weighted by molar-refractivity contribution is 5.74. The third-order valence-corrected chi connectivity index (χ3v) is 2.01. The second-order valence-electron chi connectivity index (χ2n) is 3.07. The molecule has 7 heteroatoms. The lowest BCUT2D eigenvalue weighted by Gasteiger charge is -2.16. The number of aliphatic hydroxyl groups excluding tert-OH is 1. The predicted molar refractivity (Wildman–Crippen MR) is 46.9 cm³/mol. The molecule has 0 heterocycles. The van der Waals surface area contributed by atoms with Crippen LogP contribution in [-0.4, -0.2) is 22.2 Å². The van der Waals surface area contributed by atoms with Crippen molar-refractivity contribution in [3.05, 3.63) is 35.1 Å². The molecule has 0 aliphatic carbocycles. The van der Waals surface area contributed by atoms with Crippen LogP contribution in [0.4, 0.5) is 13.2 Å². The zero-order chi connectivity index (χ0) is 12.5. The SMILES string of the molecule is NC(C(=O)O)C(O)c1ccc(F)c(F)c1F. The molecule has 1 rings (SSSR count). The van der Waals surface area contributed by atoms with Gasteiger partial charge in [0.25, 0.3) is 0 Å². The summed E-state index contributed by atoms with van der Waals surface area (Å²) < 4.78 is 38.4. The number of hydrogen-bond donors (Lipinski definition) is 3. The first-order valence-electron chi connectivity index (χ1n) is 4.16. The Bertz CT molecular complexity index is 425. The van der Waals surface area contributed by atoms with Crippen LogP contribution in [0, 0.1) is 17.5 Å². The summed E-state index contributed by atoms with van der Waals surface area (Å²) >= 11 is 0. The summed E-state index contributed by atoms with van der Waals surface area (Å²) in [6.45, 7) is 0. The van der Waals surface area contributed by atoms with Gasteiger partial charge in [-0.15, -0.1) is 0 Å². The summed E-state index contributed by atoms with van der Waals surface area (Å²) in [6.07, 6.45) is -1.95. The number of aliphatic hydroxyl groups is 1. The van der Waals surface area contributed by atoms with Crippen LogP contribution >= 0.6 is 0 Å². The Kier molecular flexibility index (Phi) is 3.51. The molecule has 16 heavy (non-hydrogen) atoms. The van der Waals surface area contributed by atoms with E-state index in [-0.39, 0.29) is 0 Å². The zero-order valence-electron chi connectivity index (χ0n) is 7.82. The van der Waals surface area contributed by atoms with Crippen LogP contribution in [0.1, 0.15) is 11.7 Å². The molecule has 0 aromatic heterocycles. The van der Waals surface area contributed by atoms with Crippen molar-refractivity contribution in [3.63, 3.8) is 0 Å². The maximum Gasteiger partial charge on any atom is 0.323 e. The maximum atomic E-state index is 13.1. The fourth-order valence-electron chi connectivity index (χ4n) is 1.10. The minimum Gasteiger partial charge on any atom is -0.480 e. The molecular formula is C9H8F3NO3. The van der Waals surface area contributed by atoms with Crippen LogP contribution in [0.3, 0.4) is 0 Å². The molecule has 0 aliphatic rings. The van der Waals surface area contributed by atoms with E-state index in [1.807, 2.05) is 0 Å². The lowest BCUT2D eigenvalue weighted by atomic mass is 10.0. The molecule has 4 N–H and O–H groups in total. The number of nitrogens with two attached hydrogens (primary N) is 1. The highest BCUT2D eigenvalue weighted by atomic mass is 19.2. The molecule has 0 saturated carbocycles.